The van der Waals surface area contributed by atoms with Crippen LogP contribution in [0, 0.1) is 0 Å². The Morgan fingerprint density at radius 3 is 2.31 bits per heavy atom. The van der Waals surface area contributed by atoms with E-state index < -0.39 is 17.6 Å². The van der Waals surface area contributed by atoms with E-state index in [-0.39, 0.29) is 24.1 Å². The zero-order valence-corrected chi connectivity index (χ0v) is 14.8. The van der Waals surface area contributed by atoms with Crippen LogP contribution in [0.25, 0.3) is 0 Å². The maximum atomic E-state index is 12.5. The van der Waals surface area contributed by atoms with Gasteiger partial charge in [-0.2, -0.15) is 13.2 Å². The van der Waals surface area contributed by atoms with Crippen LogP contribution in [0.2, 0.25) is 0 Å². The lowest BCUT2D eigenvalue weighted by molar-refractivity contribution is -0.905. The van der Waals surface area contributed by atoms with Gasteiger partial charge in [-0.25, -0.2) is 0 Å². The Labute approximate surface area is 150 Å². The molecule has 1 aliphatic rings. The van der Waals surface area contributed by atoms with Crippen LogP contribution in [0.1, 0.15) is 42.1 Å². The van der Waals surface area contributed by atoms with Gasteiger partial charge in [0.05, 0.1) is 31.7 Å². The summed E-state index contributed by atoms with van der Waals surface area (Å²) in [5.74, 6) is -0.856. The summed E-state index contributed by atoms with van der Waals surface area (Å²) in [6.07, 6.45) is -1.48. The number of halogens is 3. The molecule has 26 heavy (non-hydrogen) atoms. The summed E-state index contributed by atoms with van der Waals surface area (Å²) in [7, 11) is 0. The number of amides is 2. The highest BCUT2D eigenvalue weighted by Crippen LogP contribution is 2.29. The molecule has 0 bridgehead atoms. The van der Waals surface area contributed by atoms with E-state index in [0.29, 0.717) is 0 Å². The number of rotatable bonds is 6. The monoisotopic (exact) mass is 372 g/mol. The molecule has 0 aromatic heterocycles. The molecule has 0 atom stereocenters. The minimum absolute atomic E-state index is 0.0854. The zero-order chi connectivity index (χ0) is 19.2. The standard InChI is InChI=1S/C18H24F3N3O2/c1-2-9-24-10-7-15(8-11-24)23-16(25)12-22-17(26)13-3-5-14(6-4-13)18(19,20)21/h3-6,15H,2,7-12H2,1H3,(H,22,26)(H,23,25)/p+1. The molecule has 8 heteroatoms. The SMILES string of the molecule is CCC[NH+]1CCC(NC(=O)CNC(=O)c2ccc(C(F)(F)F)cc2)CC1. The lowest BCUT2D eigenvalue weighted by atomic mass is 10.0. The molecule has 0 radical (unpaired) electrons. The van der Waals surface area contributed by atoms with E-state index in [9.17, 15) is 22.8 Å². The van der Waals surface area contributed by atoms with Gasteiger partial charge in [0.15, 0.2) is 0 Å². The average Bonchev–Trinajstić information content (AvgIpc) is 2.61. The van der Waals surface area contributed by atoms with Crippen LogP contribution in [0.3, 0.4) is 0 Å². The molecule has 1 saturated heterocycles. The fourth-order valence-corrected chi connectivity index (χ4v) is 3.13. The fourth-order valence-electron chi connectivity index (χ4n) is 3.13. The first-order valence-electron chi connectivity index (χ1n) is 8.88. The number of alkyl halides is 3. The van der Waals surface area contributed by atoms with Gasteiger partial charge in [0.25, 0.3) is 5.91 Å². The van der Waals surface area contributed by atoms with Crippen LogP contribution < -0.4 is 15.5 Å². The summed E-state index contributed by atoms with van der Waals surface area (Å²) in [6, 6.07) is 4.01. The Hall–Kier alpha value is -2.09. The third kappa shape index (κ3) is 6.01. The summed E-state index contributed by atoms with van der Waals surface area (Å²) in [5, 5.41) is 5.34. The van der Waals surface area contributed by atoms with E-state index in [1.165, 1.54) is 0 Å². The van der Waals surface area contributed by atoms with Gasteiger partial charge in [0.2, 0.25) is 5.91 Å². The highest BCUT2D eigenvalue weighted by Gasteiger charge is 2.30. The summed E-state index contributed by atoms with van der Waals surface area (Å²) in [5.41, 5.74) is -0.731. The molecule has 1 aromatic carbocycles. The van der Waals surface area contributed by atoms with Gasteiger partial charge in [-0.15, -0.1) is 0 Å². The van der Waals surface area contributed by atoms with E-state index in [1.54, 1.807) is 4.90 Å². The number of hydrogen-bond donors (Lipinski definition) is 3. The van der Waals surface area contributed by atoms with E-state index in [1.807, 2.05) is 0 Å². The molecule has 5 nitrogen and oxygen atoms in total. The largest absolute Gasteiger partial charge is 0.416 e. The van der Waals surface area contributed by atoms with Crippen LogP contribution in [-0.2, 0) is 11.0 Å². The van der Waals surface area contributed by atoms with Gasteiger partial charge in [-0.1, -0.05) is 6.92 Å². The molecule has 0 unspecified atom stereocenters. The quantitative estimate of drug-likeness (QED) is 0.698. The predicted octanol–water partition coefficient (Wildman–Crippen LogP) is 1.01. The maximum Gasteiger partial charge on any atom is 0.416 e. The lowest BCUT2D eigenvalue weighted by Crippen LogP contribution is -3.13. The van der Waals surface area contributed by atoms with Gasteiger partial charge >= 0.3 is 6.18 Å². The van der Waals surface area contributed by atoms with Crippen molar-refractivity contribution in [1.29, 1.82) is 0 Å². The second kappa shape index (κ2) is 9.02. The smallest absolute Gasteiger partial charge is 0.351 e. The van der Waals surface area contributed by atoms with Crippen molar-refractivity contribution in [2.75, 3.05) is 26.2 Å². The summed E-state index contributed by atoms with van der Waals surface area (Å²) in [4.78, 5) is 25.4. The van der Waals surface area contributed by atoms with Crippen molar-refractivity contribution < 1.29 is 27.7 Å². The van der Waals surface area contributed by atoms with Crippen LogP contribution in [0.5, 0.6) is 0 Å². The average molecular weight is 372 g/mol. The molecule has 144 valence electrons. The van der Waals surface area contributed by atoms with Crippen molar-refractivity contribution in [3.8, 4) is 0 Å². The lowest BCUT2D eigenvalue weighted by Gasteiger charge is -2.29. The molecule has 2 amide bonds. The summed E-state index contributed by atoms with van der Waals surface area (Å²) >= 11 is 0. The normalized spacial score (nSPS) is 20.5. The topological polar surface area (TPSA) is 62.6 Å². The molecular formula is C18H25F3N3O2+. The maximum absolute atomic E-state index is 12.5. The summed E-state index contributed by atoms with van der Waals surface area (Å²) < 4.78 is 37.5. The van der Waals surface area contributed by atoms with Crippen LogP contribution in [0.15, 0.2) is 24.3 Å². The molecule has 0 saturated carbocycles. The number of likely N-dealkylation sites (tertiary alicyclic amines) is 1. The first kappa shape index (κ1) is 20.2. The van der Waals surface area contributed by atoms with E-state index in [4.69, 9.17) is 0 Å². The van der Waals surface area contributed by atoms with Crippen molar-refractivity contribution >= 4 is 11.8 Å². The van der Waals surface area contributed by atoms with Gasteiger partial charge in [-0.3, -0.25) is 9.59 Å². The minimum atomic E-state index is -4.44. The molecule has 1 aromatic rings. The van der Waals surface area contributed by atoms with Crippen LogP contribution >= 0.6 is 0 Å². The number of carbonyl (C=O) groups excluding carboxylic acids is 2. The van der Waals surface area contributed by atoms with Crippen molar-refractivity contribution in [2.24, 2.45) is 0 Å². The number of hydrogen-bond acceptors (Lipinski definition) is 2. The third-order valence-electron chi connectivity index (χ3n) is 4.55. The molecular weight excluding hydrogens is 347 g/mol. The molecule has 0 aliphatic carbocycles. The fraction of sp³-hybridized carbons (Fsp3) is 0.556. The number of carbonyl (C=O) groups is 2. The van der Waals surface area contributed by atoms with Crippen molar-refractivity contribution in [3.63, 3.8) is 0 Å². The number of piperidine rings is 1. The predicted molar refractivity (Wildman–Crippen MR) is 90.8 cm³/mol. The molecule has 3 N–H and O–H groups in total. The van der Waals surface area contributed by atoms with Crippen LogP contribution in [-0.4, -0.2) is 44.0 Å². The number of quaternary nitrogens is 1. The molecule has 1 fully saturated rings. The first-order chi connectivity index (χ1) is 12.3. The number of nitrogens with one attached hydrogen (secondary N) is 3. The summed E-state index contributed by atoms with van der Waals surface area (Å²) in [6.45, 7) is 5.15. The minimum Gasteiger partial charge on any atom is -0.351 e. The van der Waals surface area contributed by atoms with E-state index in [0.717, 1.165) is 63.2 Å². The Bertz CT molecular complexity index is 609. The molecule has 1 aliphatic heterocycles. The first-order valence-corrected chi connectivity index (χ1v) is 8.88. The third-order valence-corrected chi connectivity index (χ3v) is 4.55. The Balaban J connectivity index is 1.74. The Morgan fingerprint density at radius 1 is 1.15 bits per heavy atom. The highest BCUT2D eigenvalue weighted by atomic mass is 19.4. The Kier molecular flexibility index (Phi) is 7.02. The van der Waals surface area contributed by atoms with E-state index >= 15 is 0 Å². The zero-order valence-electron chi connectivity index (χ0n) is 14.8. The second-order valence-electron chi connectivity index (χ2n) is 6.60. The van der Waals surface area contributed by atoms with Gasteiger partial charge in [-0.05, 0) is 30.7 Å². The second-order valence-corrected chi connectivity index (χ2v) is 6.60. The highest BCUT2D eigenvalue weighted by molar-refractivity contribution is 5.96. The number of benzene rings is 1. The molecule has 2 rings (SSSR count). The van der Waals surface area contributed by atoms with Crippen molar-refractivity contribution in [3.05, 3.63) is 35.4 Å². The van der Waals surface area contributed by atoms with Gasteiger partial charge in [0.1, 0.15) is 0 Å². The Morgan fingerprint density at radius 2 is 1.77 bits per heavy atom. The molecule has 1 heterocycles. The van der Waals surface area contributed by atoms with Crippen LogP contribution in [0.4, 0.5) is 13.2 Å². The van der Waals surface area contributed by atoms with Gasteiger partial charge < -0.3 is 15.5 Å². The van der Waals surface area contributed by atoms with Gasteiger partial charge in [0, 0.05) is 24.4 Å². The van der Waals surface area contributed by atoms with Crippen molar-refractivity contribution in [2.45, 2.75) is 38.4 Å². The molecule has 0 spiro atoms. The van der Waals surface area contributed by atoms with Crippen molar-refractivity contribution in [1.82, 2.24) is 10.6 Å². The van der Waals surface area contributed by atoms with E-state index in [2.05, 4.69) is 17.6 Å².